The first kappa shape index (κ1) is 20.7. The van der Waals surface area contributed by atoms with Gasteiger partial charge in [0.05, 0.1) is 10.0 Å². The molecular weight excluding hydrogens is 441 g/mol. The zero-order valence-corrected chi connectivity index (χ0v) is 17.4. The van der Waals surface area contributed by atoms with Crippen molar-refractivity contribution >= 4 is 29.1 Å². The molecular formula is C22H15Cl2N3O4. The number of nitrogens with one attached hydrogen (secondary N) is 1. The van der Waals surface area contributed by atoms with Gasteiger partial charge in [0.25, 0.3) is 0 Å². The Morgan fingerprint density at radius 1 is 0.968 bits per heavy atom. The second-order valence-electron chi connectivity index (χ2n) is 6.44. The fourth-order valence-electron chi connectivity index (χ4n) is 2.68. The van der Waals surface area contributed by atoms with Crippen molar-refractivity contribution in [3.05, 3.63) is 88.2 Å². The van der Waals surface area contributed by atoms with E-state index in [0.717, 1.165) is 11.3 Å². The number of hydrogen-bond donors (Lipinski definition) is 2. The van der Waals surface area contributed by atoms with Crippen LogP contribution >= 0.6 is 23.2 Å². The third-order valence-electron chi connectivity index (χ3n) is 4.24. The molecule has 0 saturated heterocycles. The number of hydrogen-bond acceptors (Lipinski definition) is 6. The van der Waals surface area contributed by atoms with E-state index in [1.165, 1.54) is 12.1 Å². The zero-order chi connectivity index (χ0) is 21.8. The Bertz CT molecular complexity index is 1190. The summed E-state index contributed by atoms with van der Waals surface area (Å²) in [6.45, 7) is 0.263. The first-order valence-electron chi connectivity index (χ1n) is 9.11. The number of phenolic OH excluding ortho intramolecular Hbond substituents is 1. The summed E-state index contributed by atoms with van der Waals surface area (Å²) < 4.78 is 11.1. The maximum atomic E-state index is 12.3. The molecule has 0 unspecified atom stereocenters. The number of phenols is 1. The molecule has 2 N–H and O–H groups in total. The Morgan fingerprint density at radius 2 is 1.61 bits per heavy atom. The number of carbonyl (C=O) groups excluding carboxylic acids is 1. The molecule has 0 bridgehead atoms. The van der Waals surface area contributed by atoms with Gasteiger partial charge in [-0.05, 0) is 42.0 Å². The van der Waals surface area contributed by atoms with E-state index in [1.807, 2.05) is 54.6 Å². The molecule has 31 heavy (non-hydrogen) atoms. The molecule has 3 aromatic carbocycles. The first-order valence-corrected chi connectivity index (χ1v) is 9.87. The minimum Gasteiger partial charge on any atom is -0.505 e. The van der Waals surface area contributed by atoms with Crippen LogP contribution in [0, 0.1) is 0 Å². The second-order valence-corrected chi connectivity index (χ2v) is 7.26. The van der Waals surface area contributed by atoms with Gasteiger partial charge in [-0.25, -0.2) is 0 Å². The third-order valence-corrected chi connectivity index (χ3v) is 4.81. The maximum absolute atomic E-state index is 12.3. The van der Waals surface area contributed by atoms with E-state index in [0.29, 0.717) is 11.3 Å². The quantitative estimate of drug-likeness (QED) is 0.399. The zero-order valence-electron chi connectivity index (χ0n) is 15.9. The van der Waals surface area contributed by atoms with Crippen molar-refractivity contribution in [3.8, 4) is 28.7 Å². The van der Waals surface area contributed by atoms with Crippen LogP contribution in [-0.4, -0.2) is 21.2 Å². The second kappa shape index (κ2) is 9.07. The van der Waals surface area contributed by atoms with Crippen LogP contribution < -0.4 is 10.1 Å². The predicted octanol–water partition coefficient (Wildman–Crippen LogP) is 5.47. The summed E-state index contributed by atoms with van der Waals surface area (Å²) in [5.74, 6) is 0.501. The Hall–Kier alpha value is -3.55. The van der Waals surface area contributed by atoms with Gasteiger partial charge in [0.2, 0.25) is 5.89 Å². The molecule has 1 heterocycles. The standard InChI is InChI=1S/C22H15Cl2N3O4/c23-17-10-14(11-18(24)19(17)28)21-26-27-22(31-21)20(29)25-12-13-6-8-16(9-7-13)30-15-4-2-1-3-5-15/h1-11,28H,12H2,(H,25,29). The summed E-state index contributed by atoms with van der Waals surface area (Å²) in [5.41, 5.74) is 1.25. The van der Waals surface area contributed by atoms with Crippen LogP contribution in [0.15, 0.2) is 71.1 Å². The van der Waals surface area contributed by atoms with Crippen LogP contribution in [0.3, 0.4) is 0 Å². The van der Waals surface area contributed by atoms with Crippen molar-refractivity contribution in [2.24, 2.45) is 0 Å². The number of rotatable bonds is 6. The van der Waals surface area contributed by atoms with Crippen molar-refractivity contribution in [2.45, 2.75) is 6.54 Å². The summed E-state index contributed by atoms with van der Waals surface area (Å²) in [7, 11) is 0. The third kappa shape index (κ3) is 4.96. The van der Waals surface area contributed by atoms with E-state index in [9.17, 15) is 9.90 Å². The molecule has 1 amide bonds. The van der Waals surface area contributed by atoms with Gasteiger partial charge in [0.15, 0.2) is 5.75 Å². The van der Waals surface area contributed by atoms with E-state index in [4.69, 9.17) is 32.4 Å². The lowest BCUT2D eigenvalue weighted by atomic mass is 10.2. The van der Waals surface area contributed by atoms with Crippen molar-refractivity contribution in [1.82, 2.24) is 15.5 Å². The number of halogens is 2. The molecule has 0 aliphatic rings. The molecule has 0 fully saturated rings. The summed E-state index contributed by atoms with van der Waals surface area (Å²) in [4.78, 5) is 12.3. The number of benzene rings is 3. The van der Waals surface area contributed by atoms with Gasteiger partial charge < -0.3 is 19.6 Å². The van der Waals surface area contributed by atoms with Gasteiger partial charge in [0, 0.05) is 12.1 Å². The predicted molar refractivity (Wildman–Crippen MR) is 116 cm³/mol. The molecule has 0 aliphatic carbocycles. The lowest BCUT2D eigenvalue weighted by molar-refractivity contribution is 0.0917. The van der Waals surface area contributed by atoms with E-state index in [-0.39, 0.29) is 34.1 Å². The summed E-state index contributed by atoms with van der Waals surface area (Å²) in [6.07, 6.45) is 0. The van der Waals surface area contributed by atoms with Crippen molar-refractivity contribution in [3.63, 3.8) is 0 Å². The Morgan fingerprint density at radius 3 is 2.29 bits per heavy atom. The van der Waals surface area contributed by atoms with Gasteiger partial charge >= 0.3 is 11.8 Å². The van der Waals surface area contributed by atoms with Crippen LogP contribution in [0.2, 0.25) is 10.0 Å². The average Bonchev–Trinajstić information content (AvgIpc) is 3.28. The van der Waals surface area contributed by atoms with Gasteiger partial charge in [-0.2, -0.15) is 0 Å². The number of para-hydroxylation sites is 1. The first-order chi connectivity index (χ1) is 15.0. The van der Waals surface area contributed by atoms with Crippen molar-refractivity contribution in [2.75, 3.05) is 0 Å². The summed E-state index contributed by atoms with van der Waals surface area (Å²) >= 11 is 11.8. The Balaban J connectivity index is 1.37. The maximum Gasteiger partial charge on any atom is 0.309 e. The normalized spacial score (nSPS) is 10.6. The number of ether oxygens (including phenoxy) is 1. The fraction of sp³-hybridized carbons (Fsp3) is 0.0455. The lowest BCUT2D eigenvalue weighted by Crippen LogP contribution is -2.23. The minimum absolute atomic E-state index is 0.0337. The fourth-order valence-corrected chi connectivity index (χ4v) is 3.17. The Kier molecular flexibility index (Phi) is 6.06. The molecule has 156 valence electrons. The topological polar surface area (TPSA) is 97.5 Å². The number of carbonyl (C=O) groups is 1. The molecule has 4 rings (SSSR count). The molecule has 4 aromatic rings. The number of amides is 1. The van der Waals surface area contributed by atoms with E-state index in [1.54, 1.807) is 0 Å². The minimum atomic E-state index is -0.528. The van der Waals surface area contributed by atoms with Crippen LogP contribution in [-0.2, 0) is 6.54 Å². The van der Waals surface area contributed by atoms with E-state index >= 15 is 0 Å². The highest BCUT2D eigenvalue weighted by molar-refractivity contribution is 6.37. The molecule has 0 saturated carbocycles. The highest BCUT2D eigenvalue weighted by Gasteiger charge is 2.17. The summed E-state index contributed by atoms with van der Waals surface area (Å²) in [6, 6.07) is 19.6. The van der Waals surface area contributed by atoms with Gasteiger partial charge in [0.1, 0.15) is 11.5 Å². The number of nitrogens with zero attached hydrogens (tertiary/aromatic N) is 2. The molecule has 9 heteroatoms. The number of aromatic hydroxyl groups is 1. The van der Waals surface area contributed by atoms with Crippen LogP contribution in [0.4, 0.5) is 0 Å². The monoisotopic (exact) mass is 455 g/mol. The van der Waals surface area contributed by atoms with Crippen molar-refractivity contribution in [1.29, 1.82) is 0 Å². The van der Waals surface area contributed by atoms with E-state index in [2.05, 4.69) is 15.5 Å². The smallest absolute Gasteiger partial charge is 0.309 e. The summed E-state index contributed by atoms with van der Waals surface area (Å²) in [5, 5.41) is 20.0. The highest BCUT2D eigenvalue weighted by Crippen LogP contribution is 2.36. The largest absolute Gasteiger partial charge is 0.505 e. The molecule has 0 aliphatic heterocycles. The molecule has 1 aromatic heterocycles. The van der Waals surface area contributed by atoms with Gasteiger partial charge in [-0.15, -0.1) is 10.2 Å². The molecule has 0 atom stereocenters. The molecule has 0 spiro atoms. The van der Waals surface area contributed by atoms with Crippen molar-refractivity contribution < 1.29 is 19.1 Å². The van der Waals surface area contributed by atoms with Crippen LogP contribution in [0.1, 0.15) is 16.2 Å². The SMILES string of the molecule is O=C(NCc1ccc(Oc2ccccc2)cc1)c1nnc(-c2cc(Cl)c(O)c(Cl)c2)o1. The van der Waals surface area contributed by atoms with Crippen LogP contribution in [0.25, 0.3) is 11.5 Å². The number of aromatic nitrogens is 2. The Labute approximate surface area is 187 Å². The molecule has 7 nitrogen and oxygen atoms in total. The van der Waals surface area contributed by atoms with E-state index < -0.39 is 5.91 Å². The van der Waals surface area contributed by atoms with Gasteiger partial charge in [-0.3, -0.25) is 4.79 Å². The van der Waals surface area contributed by atoms with Gasteiger partial charge in [-0.1, -0.05) is 53.5 Å². The highest BCUT2D eigenvalue weighted by atomic mass is 35.5. The average molecular weight is 456 g/mol. The van der Waals surface area contributed by atoms with Crippen LogP contribution in [0.5, 0.6) is 17.2 Å². The molecule has 0 radical (unpaired) electrons. The lowest BCUT2D eigenvalue weighted by Gasteiger charge is -2.07.